The first-order valence-electron chi connectivity index (χ1n) is 8.89. The molecule has 7 nitrogen and oxygen atoms in total. The van der Waals surface area contributed by atoms with E-state index in [1.54, 1.807) is 7.05 Å². The molecule has 0 aliphatic rings. The molecule has 0 saturated carbocycles. The van der Waals surface area contributed by atoms with E-state index in [2.05, 4.69) is 27.0 Å². The van der Waals surface area contributed by atoms with Gasteiger partial charge < -0.3 is 20.0 Å². The maximum absolute atomic E-state index is 14.0. The number of halogens is 1. The highest BCUT2D eigenvalue weighted by Crippen LogP contribution is 2.26. The van der Waals surface area contributed by atoms with E-state index >= 15 is 0 Å². The molecule has 0 atom stereocenters. The Kier molecular flexibility index (Phi) is 6.58. The van der Waals surface area contributed by atoms with Crippen LogP contribution in [-0.2, 0) is 0 Å². The van der Waals surface area contributed by atoms with Crippen LogP contribution in [0.1, 0.15) is 26.3 Å². The first-order valence-corrected chi connectivity index (χ1v) is 8.89. The van der Waals surface area contributed by atoms with Crippen molar-refractivity contribution in [3.63, 3.8) is 0 Å². The Labute approximate surface area is 167 Å². The van der Waals surface area contributed by atoms with Crippen LogP contribution in [0.5, 0.6) is 5.75 Å². The molecule has 0 radical (unpaired) electrons. The molecule has 0 unspecified atom stereocenters. The Bertz CT molecular complexity index is 1180. The standard InChI is InChI=1S/C21H25FN4O3/c1-21(2,3)18(24-5)15(23-4)11-17-20(28)25-16(19(27)26-17)10-12-9-13(29-6)7-8-14(12)22/h7-11,24H,4H2,1-3,5-6H3,(H,25,28)(H,26,27)/b16-10-,17-11-,18-15-. The minimum absolute atomic E-state index is 0.0117. The number of rotatable bonds is 5. The van der Waals surface area contributed by atoms with Gasteiger partial charge in [-0.1, -0.05) is 20.8 Å². The van der Waals surface area contributed by atoms with E-state index in [-0.39, 0.29) is 21.7 Å². The third kappa shape index (κ3) is 5.10. The second-order valence-electron chi connectivity index (χ2n) is 7.33. The van der Waals surface area contributed by atoms with Crippen LogP contribution in [0.4, 0.5) is 4.39 Å². The first kappa shape index (κ1) is 21.9. The van der Waals surface area contributed by atoms with Crippen LogP contribution in [-0.4, -0.2) is 30.8 Å². The number of aromatic nitrogens is 2. The number of aliphatic imine (C=N–C) groups is 1. The van der Waals surface area contributed by atoms with Gasteiger partial charge in [0.15, 0.2) is 0 Å². The van der Waals surface area contributed by atoms with Gasteiger partial charge in [-0.15, -0.1) is 0 Å². The number of hydrogen-bond donors (Lipinski definition) is 3. The molecule has 0 spiro atoms. The van der Waals surface area contributed by atoms with E-state index in [0.717, 1.165) is 5.70 Å². The number of nitrogens with zero attached hydrogens (tertiary/aromatic N) is 1. The van der Waals surface area contributed by atoms with E-state index in [4.69, 9.17) is 4.74 Å². The SMILES string of the molecule is C=NC(/C=c1\[nH]c(=O)/c(=C/c2cc(OC)ccc2F)[nH]c1=O)=C(\NC)C(C)(C)C. The van der Waals surface area contributed by atoms with Gasteiger partial charge in [0.2, 0.25) is 0 Å². The van der Waals surface area contributed by atoms with Gasteiger partial charge in [-0.3, -0.25) is 14.6 Å². The number of nitrogens with one attached hydrogen (secondary N) is 3. The molecule has 0 saturated heterocycles. The van der Waals surface area contributed by atoms with Crippen molar-refractivity contribution >= 4 is 18.9 Å². The Morgan fingerprint density at radius 1 is 1.21 bits per heavy atom. The molecule has 0 fully saturated rings. The smallest absolute Gasteiger partial charge is 0.272 e. The van der Waals surface area contributed by atoms with Gasteiger partial charge in [0.05, 0.1) is 12.8 Å². The van der Waals surface area contributed by atoms with Crippen LogP contribution in [0.2, 0.25) is 0 Å². The van der Waals surface area contributed by atoms with Crippen LogP contribution < -0.4 is 31.9 Å². The molecule has 2 aromatic rings. The fourth-order valence-electron chi connectivity index (χ4n) is 2.83. The van der Waals surface area contributed by atoms with Gasteiger partial charge in [0.1, 0.15) is 22.3 Å². The Hall–Kier alpha value is -3.42. The Morgan fingerprint density at radius 3 is 2.38 bits per heavy atom. The Morgan fingerprint density at radius 2 is 1.83 bits per heavy atom. The maximum atomic E-state index is 14.0. The zero-order chi connectivity index (χ0) is 21.8. The second kappa shape index (κ2) is 8.72. The molecule has 0 bridgehead atoms. The molecule has 0 aliphatic heterocycles. The van der Waals surface area contributed by atoms with Gasteiger partial charge in [-0.25, -0.2) is 4.39 Å². The zero-order valence-electron chi connectivity index (χ0n) is 17.1. The predicted molar refractivity (Wildman–Crippen MR) is 113 cm³/mol. The van der Waals surface area contributed by atoms with Crippen molar-refractivity contribution in [3.05, 3.63) is 72.4 Å². The summed E-state index contributed by atoms with van der Waals surface area (Å²) in [6, 6.07) is 4.11. The third-order valence-corrected chi connectivity index (χ3v) is 4.20. The van der Waals surface area contributed by atoms with Crippen LogP contribution in [0, 0.1) is 11.2 Å². The molecule has 1 aromatic carbocycles. The molecular weight excluding hydrogens is 375 g/mol. The summed E-state index contributed by atoms with van der Waals surface area (Å²) in [4.78, 5) is 33.9. The van der Waals surface area contributed by atoms with Crippen molar-refractivity contribution in [2.24, 2.45) is 10.4 Å². The minimum atomic E-state index is -0.580. The molecule has 0 aliphatic carbocycles. The van der Waals surface area contributed by atoms with Crippen molar-refractivity contribution in [1.82, 2.24) is 15.3 Å². The normalized spacial score (nSPS) is 13.9. The average molecular weight is 400 g/mol. The number of allylic oxidation sites excluding steroid dienone is 2. The lowest BCUT2D eigenvalue weighted by Gasteiger charge is -2.24. The summed E-state index contributed by atoms with van der Waals surface area (Å²) in [6.07, 6.45) is 2.69. The van der Waals surface area contributed by atoms with Gasteiger partial charge in [0.25, 0.3) is 11.1 Å². The largest absolute Gasteiger partial charge is 0.497 e. The van der Waals surface area contributed by atoms with Crippen molar-refractivity contribution in [1.29, 1.82) is 0 Å². The molecule has 1 aromatic heterocycles. The van der Waals surface area contributed by atoms with Gasteiger partial charge in [0, 0.05) is 23.7 Å². The zero-order valence-corrected chi connectivity index (χ0v) is 17.1. The number of H-pyrrole nitrogens is 2. The minimum Gasteiger partial charge on any atom is -0.497 e. The fourth-order valence-corrected chi connectivity index (χ4v) is 2.83. The predicted octanol–water partition coefficient (Wildman–Crippen LogP) is 0.998. The summed E-state index contributed by atoms with van der Waals surface area (Å²) in [5.41, 5.74) is -0.126. The quantitative estimate of drug-likeness (QED) is 0.652. The van der Waals surface area contributed by atoms with Gasteiger partial charge in [-0.2, -0.15) is 0 Å². The third-order valence-electron chi connectivity index (χ3n) is 4.20. The highest BCUT2D eigenvalue weighted by molar-refractivity contribution is 5.53. The second-order valence-corrected chi connectivity index (χ2v) is 7.33. The average Bonchev–Trinajstić information content (AvgIpc) is 2.65. The lowest BCUT2D eigenvalue weighted by molar-refractivity contribution is 0.413. The molecule has 0 amide bonds. The summed E-state index contributed by atoms with van der Waals surface area (Å²) < 4.78 is 19.1. The highest BCUT2D eigenvalue weighted by atomic mass is 19.1. The lowest BCUT2D eigenvalue weighted by Crippen LogP contribution is -2.47. The van der Waals surface area contributed by atoms with Crippen molar-refractivity contribution in [3.8, 4) is 5.75 Å². The first-order chi connectivity index (χ1) is 13.6. The van der Waals surface area contributed by atoms with Crippen molar-refractivity contribution < 1.29 is 9.13 Å². The molecule has 29 heavy (non-hydrogen) atoms. The number of hydrogen-bond acceptors (Lipinski definition) is 5. The molecule has 154 valence electrons. The number of aromatic amines is 2. The van der Waals surface area contributed by atoms with E-state index in [1.165, 1.54) is 37.5 Å². The van der Waals surface area contributed by atoms with E-state index in [0.29, 0.717) is 11.4 Å². The van der Waals surface area contributed by atoms with E-state index < -0.39 is 16.9 Å². The summed E-state index contributed by atoms with van der Waals surface area (Å²) >= 11 is 0. The molecule has 1 heterocycles. The summed E-state index contributed by atoms with van der Waals surface area (Å²) in [7, 11) is 3.19. The molecule has 2 rings (SSSR count). The Balaban J connectivity index is 2.71. The summed E-state index contributed by atoms with van der Waals surface area (Å²) in [5.74, 6) is -0.124. The summed E-state index contributed by atoms with van der Waals surface area (Å²) in [6.45, 7) is 9.48. The number of benzene rings is 1. The maximum Gasteiger partial charge on any atom is 0.272 e. The van der Waals surface area contributed by atoms with Gasteiger partial charge in [-0.05, 0) is 37.1 Å². The number of ether oxygens (including phenoxy) is 1. The van der Waals surface area contributed by atoms with Crippen LogP contribution in [0.3, 0.4) is 0 Å². The van der Waals surface area contributed by atoms with Gasteiger partial charge >= 0.3 is 0 Å². The van der Waals surface area contributed by atoms with Crippen LogP contribution in [0.15, 0.2) is 44.2 Å². The van der Waals surface area contributed by atoms with Crippen molar-refractivity contribution in [2.75, 3.05) is 14.2 Å². The monoisotopic (exact) mass is 400 g/mol. The summed E-state index contributed by atoms with van der Waals surface area (Å²) in [5, 5.41) is 2.99. The fraction of sp³-hybridized carbons (Fsp3) is 0.286. The molecule has 3 N–H and O–H groups in total. The van der Waals surface area contributed by atoms with Crippen LogP contribution >= 0.6 is 0 Å². The van der Waals surface area contributed by atoms with Crippen LogP contribution in [0.25, 0.3) is 12.2 Å². The topological polar surface area (TPSA) is 99.3 Å². The molecular formula is C21H25FN4O3. The van der Waals surface area contributed by atoms with E-state index in [1.807, 2.05) is 20.8 Å². The van der Waals surface area contributed by atoms with E-state index in [9.17, 15) is 14.0 Å². The van der Waals surface area contributed by atoms with Crippen molar-refractivity contribution in [2.45, 2.75) is 20.8 Å². The lowest BCUT2D eigenvalue weighted by atomic mass is 9.90. The highest BCUT2D eigenvalue weighted by Gasteiger charge is 2.19. The number of methoxy groups -OCH3 is 1. The molecule has 8 heteroatoms.